The summed E-state index contributed by atoms with van der Waals surface area (Å²) in [5.74, 6) is -1.34. The predicted molar refractivity (Wildman–Crippen MR) is 71.3 cm³/mol. The highest BCUT2D eigenvalue weighted by atomic mass is 16.5. The van der Waals surface area contributed by atoms with Crippen LogP contribution in [0.3, 0.4) is 0 Å². The molecule has 1 aliphatic carbocycles. The zero-order valence-corrected chi connectivity index (χ0v) is 12.3. The fourth-order valence-corrected chi connectivity index (χ4v) is 3.11. The number of hydrogen-bond donors (Lipinski definition) is 2. The Morgan fingerprint density at radius 3 is 2.60 bits per heavy atom. The van der Waals surface area contributed by atoms with Gasteiger partial charge in [-0.15, -0.1) is 0 Å². The summed E-state index contributed by atoms with van der Waals surface area (Å²) < 4.78 is 10.9. The first kappa shape index (κ1) is 15.3. The van der Waals surface area contributed by atoms with Gasteiger partial charge in [-0.2, -0.15) is 0 Å². The summed E-state index contributed by atoms with van der Waals surface area (Å²) in [7, 11) is 0. The maximum Gasteiger partial charge on any atom is 0.330 e. The van der Waals surface area contributed by atoms with Gasteiger partial charge in [0.1, 0.15) is 11.6 Å². The van der Waals surface area contributed by atoms with Gasteiger partial charge in [0.25, 0.3) is 0 Å². The molecule has 1 heterocycles. The Labute approximate surface area is 118 Å². The first-order chi connectivity index (χ1) is 9.35. The number of hydrogen-bond acceptors (Lipinski definition) is 4. The molecule has 2 N–H and O–H groups in total. The van der Waals surface area contributed by atoms with E-state index in [2.05, 4.69) is 5.32 Å². The molecule has 20 heavy (non-hydrogen) atoms. The Morgan fingerprint density at radius 2 is 2.15 bits per heavy atom. The molecule has 3 atom stereocenters. The SMILES string of the molecule is CCO[C@H]1C[C@](NC(=O)[C@@H]2CCCO2)(C(=O)O)C1(C)C. The van der Waals surface area contributed by atoms with Crippen LogP contribution in [-0.2, 0) is 19.1 Å². The van der Waals surface area contributed by atoms with Crippen molar-refractivity contribution in [3.8, 4) is 0 Å². The molecule has 0 aromatic heterocycles. The fourth-order valence-electron chi connectivity index (χ4n) is 3.11. The summed E-state index contributed by atoms with van der Waals surface area (Å²) in [5.41, 5.74) is -1.92. The summed E-state index contributed by atoms with van der Waals surface area (Å²) in [6.07, 6.45) is 1.10. The number of rotatable bonds is 5. The lowest BCUT2D eigenvalue weighted by Crippen LogP contribution is -2.76. The van der Waals surface area contributed by atoms with Crippen LogP contribution in [0.4, 0.5) is 0 Å². The monoisotopic (exact) mass is 285 g/mol. The number of nitrogens with one attached hydrogen (secondary N) is 1. The van der Waals surface area contributed by atoms with Gasteiger partial charge in [-0.05, 0) is 19.8 Å². The van der Waals surface area contributed by atoms with Crippen LogP contribution >= 0.6 is 0 Å². The van der Waals surface area contributed by atoms with E-state index < -0.39 is 23.0 Å². The number of aliphatic carboxylic acids is 1. The lowest BCUT2D eigenvalue weighted by Gasteiger charge is -2.58. The van der Waals surface area contributed by atoms with E-state index >= 15 is 0 Å². The minimum atomic E-state index is -1.27. The van der Waals surface area contributed by atoms with Gasteiger partial charge in [0.05, 0.1) is 6.10 Å². The predicted octanol–water partition coefficient (Wildman–Crippen LogP) is 0.940. The molecule has 0 unspecified atom stereocenters. The highest BCUT2D eigenvalue weighted by molar-refractivity contribution is 5.91. The molecule has 2 rings (SSSR count). The maximum absolute atomic E-state index is 12.2. The molecular weight excluding hydrogens is 262 g/mol. The van der Waals surface area contributed by atoms with Gasteiger partial charge in [-0.25, -0.2) is 4.79 Å². The first-order valence-corrected chi connectivity index (χ1v) is 7.14. The van der Waals surface area contributed by atoms with Gasteiger partial charge in [0.15, 0.2) is 0 Å². The molecule has 1 aliphatic heterocycles. The molecule has 6 heteroatoms. The van der Waals surface area contributed by atoms with Crippen LogP contribution in [0.2, 0.25) is 0 Å². The number of amides is 1. The van der Waals surface area contributed by atoms with E-state index in [1.807, 2.05) is 20.8 Å². The number of carbonyl (C=O) groups excluding carboxylic acids is 1. The average molecular weight is 285 g/mol. The van der Waals surface area contributed by atoms with E-state index in [4.69, 9.17) is 9.47 Å². The summed E-state index contributed by atoms with van der Waals surface area (Å²) in [4.78, 5) is 23.9. The molecule has 1 amide bonds. The van der Waals surface area contributed by atoms with Crippen molar-refractivity contribution in [1.29, 1.82) is 0 Å². The summed E-state index contributed by atoms with van der Waals surface area (Å²) >= 11 is 0. The largest absolute Gasteiger partial charge is 0.479 e. The molecule has 1 saturated heterocycles. The molecule has 2 fully saturated rings. The van der Waals surface area contributed by atoms with E-state index in [0.717, 1.165) is 6.42 Å². The van der Waals surface area contributed by atoms with Gasteiger partial charge >= 0.3 is 5.97 Å². The van der Waals surface area contributed by atoms with E-state index in [1.165, 1.54) is 0 Å². The summed E-state index contributed by atoms with van der Waals surface area (Å²) in [6.45, 7) is 6.61. The molecule has 0 spiro atoms. The van der Waals surface area contributed by atoms with E-state index in [9.17, 15) is 14.7 Å². The number of ether oxygens (including phenoxy) is 2. The van der Waals surface area contributed by atoms with Gasteiger partial charge in [-0.1, -0.05) is 13.8 Å². The Morgan fingerprint density at radius 1 is 1.45 bits per heavy atom. The second-order valence-electron chi connectivity index (χ2n) is 6.07. The quantitative estimate of drug-likeness (QED) is 0.785. The molecule has 2 aliphatic rings. The Hall–Kier alpha value is -1.14. The Kier molecular flexibility index (Phi) is 4.07. The van der Waals surface area contributed by atoms with Gasteiger partial charge in [-0.3, -0.25) is 4.79 Å². The van der Waals surface area contributed by atoms with Crippen LogP contribution in [-0.4, -0.2) is 47.9 Å². The molecule has 0 aromatic rings. The summed E-state index contributed by atoms with van der Waals surface area (Å²) in [6, 6.07) is 0. The van der Waals surface area contributed by atoms with Crippen molar-refractivity contribution in [2.24, 2.45) is 5.41 Å². The van der Waals surface area contributed by atoms with E-state index in [1.54, 1.807) is 0 Å². The third-order valence-corrected chi connectivity index (χ3v) is 4.69. The van der Waals surface area contributed by atoms with Crippen LogP contribution in [0.25, 0.3) is 0 Å². The van der Waals surface area contributed by atoms with Crippen LogP contribution in [0.1, 0.15) is 40.0 Å². The highest BCUT2D eigenvalue weighted by Gasteiger charge is 2.66. The zero-order chi connectivity index (χ0) is 15.0. The first-order valence-electron chi connectivity index (χ1n) is 7.14. The lowest BCUT2D eigenvalue weighted by molar-refractivity contribution is -0.195. The van der Waals surface area contributed by atoms with Gasteiger partial charge in [0, 0.05) is 25.0 Å². The molecular formula is C14H23NO5. The zero-order valence-electron chi connectivity index (χ0n) is 12.3. The number of carbonyl (C=O) groups is 2. The second-order valence-corrected chi connectivity index (χ2v) is 6.07. The third-order valence-electron chi connectivity index (χ3n) is 4.69. The summed E-state index contributed by atoms with van der Waals surface area (Å²) in [5, 5.41) is 12.3. The third kappa shape index (κ3) is 2.20. The fraction of sp³-hybridized carbons (Fsp3) is 0.857. The van der Waals surface area contributed by atoms with Crippen molar-refractivity contribution in [2.75, 3.05) is 13.2 Å². The molecule has 0 radical (unpaired) electrons. The average Bonchev–Trinajstić information content (AvgIpc) is 2.90. The highest BCUT2D eigenvalue weighted by Crippen LogP contribution is 2.51. The molecule has 1 saturated carbocycles. The standard InChI is InChI=1S/C14H23NO5/c1-4-19-10-8-14(12(17)18,13(10,2)3)15-11(16)9-6-5-7-20-9/h9-10H,4-8H2,1-3H3,(H,15,16)(H,17,18)/t9-,10-,14-/m0/s1. The van der Waals surface area contributed by atoms with Crippen LogP contribution in [0.5, 0.6) is 0 Å². The minimum absolute atomic E-state index is 0.159. The van der Waals surface area contributed by atoms with E-state index in [-0.39, 0.29) is 12.0 Å². The van der Waals surface area contributed by atoms with Gasteiger partial charge in [0.2, 0.25) is 5.91 Å². The smallest absolute Gasteiger partial charge is 0.330 e. The van der Waals surface area contributed by atoms with E-state index in [0.29, 0.717) is 26.1 Å². The molecule has 6 nitrogen and oxygen atoms in total. The Bertz CT molecular complexity index is 402. The van der Waals surface area contributed by atoms with Crippen molar-refractivity contribution >= 4 is 11.9 Å². The van der Waals surface area contributed by atoms with Crippen LogP contribution in [0, 0.1) is 5.41 Å². The minimum Gasteiger partial charge on any atom is -0.479 e. The van der Waals surface area contributed by atoms with Crippen molar-refractivity contribution in [3.63, 3.8) is 0 Å². The Balaban J connectivity index is 2.12. The topological polar surface area (TPSA) is 84.9 Å². The van der Waals surface area contributed by atoms with Crippen molar-refractivity contribution in [1.82, 2.24) is 5.32 Å². The molecule has 114 valence electrons. The van der Waals surface area contributed by atoms with Crippen molar-refractivity contribution < 1.29 is 24.2 Å². The molecule has 0 bridgehead atoms. The van der Waals surface area contributed by atoms with Crippen LogP contribution in [0.15, 0.2) is 0 Å². The number of carboxylic acids is 1. The van der Waals surface area contributed by atoms with Crippen molar-refractivity contribution in [3.05, 3.63) is 0 Å². The lowest BCUT2D eigenvalue weighted by atomic mass is 9.54. The maximum atomic E-state index is 12.2. The second kappa shape index (κ2) is 5.33. The normalized spacial score (nSPS) is 35.4. The van der Waals surface area contributed by atoms with Crippen molar-refractivity contribution in [2.45, 2.75) is 57.8 Å². The van der Waals surface area contributed by atoms with Crippen LogP contribution < -0.4 is 5.32 Å². The number of carboxylic acid groups (broad SMARTS) is 1. The van der Waals surface area contributed by atoms with Gasteiger partial charge < -0.3 is 19.9 Å². The molecule has 0 aromatic carbocycles.